The molecule has 0 radical (unpaired) electrons. The number of aliphatic carboxylic acids is 1. The Kier molecular flexibility index (Phi) is 3.66. The highest BCUT2D eigenvalue weighted by atomic mass is 19.1. The van der Waals surface area contributed by atoms with Crippen molar-refractivity contribution in [1.82, 2.24) is 0 Å². The van der Waals surface area contributed by atoms with Gasteiger partial charge in [-0.3, -0.25) is 9.59 Å². The Morgan fingerprint density at radius 3 is 2.47 bits per heavy atom. The quantitative estimate of drug-likeness (QED) is 0.820. The van der Waals surface area contributed by atoms with Gasteiger partial charge in [0, 0.05) is 12.0 Å². The van der Waals surface area contributed by atoms with E-state index in [2.05, 4.69) is 0 Å². The summed E-state index contributed by atoms with van der Waals surface area (Å²) in [5, 5.41) is 8.93. The van der Waals surface area contributed by atoms with Gasteiger partial charge >= 0.3 is 5.97 Å². The molecule has 0 aromatic heterocycles. The standard InChI is InChI=1S/C13H15FO3/c1-8-4-5-9(14)6-10(8)11(15)7-13(2,3)12(16)17/h4-6H,7H2,1-3H3,(H,16,17). The van der Waals surface area contributed by atoms with Crippen molar-refractivity contribution < 1.29 is 19.1 Å². The maximum absolute atomic E-state index is 13.0. The molecular weight excluding hydrogens is 223 g/mol. The molecule has 0 saturated carbocycles. The number of rotatable bonds is 4. The largest absolute Gasteiger partial charge is 0.481 e. The molecule has 4 heteroatoms. The van der Waals surface area contributed by atoms with E-state index in [0.717, 1.165) is 6.07 Å². The second kappa shape index (κ2) is 4.65. The lowest BCUT2D eigenvalue weighted by molar-refractivity contribution is -0.146. The normalized spacial score (nSPS) is 11.3. The van der Waals surface area contributed by atoms with E-state index in [-0.39, 0.29) is 17.8 Å². The summed E-state index contributed by atoms with van der Waals surface area (Å²) < 4.78 is 13.0. The zero-order chi connectivity index (χ0) is 13.2. The van der Waals surface area contributed by atoms with Gasteiger partial charge in [0.05, 0.1) is 5.41 Å². The maximum atomic E-state index is 13.0. The number of hydrogen-bond acceptors (Lipinski definition) is 2. The Morgan fingerprint density at radius 1 is 1.35 bits per heavy atom. The van der Waals surface area contributed by atoms with Crippen molar-refractivity contribution in [3.63, 3.8) is 0 Å². The number of aryl methyl sites for hydroxylation is 1. The number of carboxylic acids is 1. The van der Waals surface area contributed by atoms with Gasteiger partial charge in [-0.2, -0.15) is 0 Å². The van der Waals surface area contributed by atoms with Gasteiger partial charge in [0.25, 0.3) is 0 Å². The molecule has 0 aliphatic carbocycles. The molecule has 0 fully saturated rings. The van der Waals surface area contributed by atoms with Crippen LogP contribution in [0.4, 0.5) is 4.39 Å². The molecule has 3 nitrogen and oxygen atoms in total. The predicted molar refractivity (Wildman–Crippen MR) is 61.5 cm³/mol. The number of carbonyl (C=O) groups is 2. The average molecular weight is 238 g/mol. The third kappa shape index (κ3) is 3.12. The van der Waals surface area contributed by atoms with Crippen molar-refractivity contribution >= 4 is 11.8 Å². The summed E-state index contributed by atoms with van der Waals surface area (Å²) in [6, 6.07) is 3.93. The molecule has 1 N–H and O–H groups in total. The van der Waals surface area contributed by atoms with Crippen molar-refractivity contribution in [3.8, 4) is 0 Å². The van der Waals surface area contributed by atoms with Crippen molar-refractivity contribution in [2.75, 3.05) is 0 Å². The van der Waals surface area contributed by atoms with Gasteiger partial charge in [-0.1, -0.05) is 6.07 Å². The van der Waals surface area contributed by atoms with Gasteiger partial charge < -0.3 is 5.11 Å². The van der Waals surface area contributed by atoms with Gasteiger partial charge in [-0.15, -0.1) is 0 Å². The van der Waals surface area contributed by atoms with E-state index in [0.29, 0.717) is 5.56 Å². The molecule has 1 rings (SSSR count). The summed E-state index contributed by atoms with van der Waals surface area (Å²) in [5.74, 6) is -1.89. The van der Waals surface area contributed by atoms with Gasteiger partial charge in [-0.05, 0) is 38.5 Å². The minimum Gasteiger partial charge on any atom is -0.481 e. The van der Waals surface area contributed by atoms with Crippen LogP contribution in [-0.4, -0.2) is 16.9 Å². The Labute approximate surface area is 99.3 Å². The highest BCUT2D eigenvalue weighted by Crippen LogP contribution is 2.24. The molecule has 1 aromatic rings. The Bertz CT molecular complexity index is 464. The molecule has 0 aliphatic rings. The van der Waals surface area contributed by atoms with Crippen LogP contribution in [-0.2, 0) is 4.79 Å². The van der Waals surface area contributed by atoms with E-state index in [1.54, 1.807) is 6.92 Å². The summed E-state index contributed by atoms with van der Waals surface area (Å²) in [6.45, 7) is 4.64. The SMILES string of the molecule is Cc1ccc(F)cc1C(=O)CC(C)(C)C(=O)O. The average Bonchev–Trinajstić information content (AvgIpc) is 2.20. The lowest BCUT2D eigenvalue weighted by Gasteiger charge is -2.18. The van der Waals surface area contributed by atoms with Gasteiger partial charge in [0.2, 0.25) is 0 Å². The molecule has 0 saturated heterocycles. The maximum Gasteiger partial charge on any atom is 0.309 e. The molecule has 0 bridgehead atoms. The van der Waals surface area contributed by atoms with Crippen LogP contribution in [0, 0.1) is 18.2 Å². The third-order valence-electron chi connectivity index (χ3n) is 2.68. The van der Waals surface area contributed by atoms with E-state index in [1.165, 1.54) is 26.0 Å². The van der Waals surface area contributed by atoms with Crippen LogP contribution >= 0.6 is 0 Å². The first-order valence-corrected chi connectivity index (χ1v) is 5.27. The Hall–Kier alpha value is -1.71. The number of halogens is 1. The highest BCUT2D eigenvalue weighted by molar-refractivity contribution is 5.99. The molecular formula is C13H15FO3. The van der Waals surface area contributed by atoms with Crippen molar-refractivity contribution in [3.05, 3.63) is 35.1 Å². The van der Waals surface area contributed by atoms with Gasteiger partial charge in [0.15, 0.2) is 5.78 Å². The summed E-state index contributed by atoms with van der Waals surface area (Å²) in [7, 11) is 0. The van der Waals surface area contributed by atoms with E-state index < -0.39 is 17.2 Å². The molecule has 0 heterocycles. The predicted octanol–water partition coefficient (Wildman–Crippen LogP) is 2.82. The fraction of sp³-hybridized carbons (Fsp3) is 0.385. The number of Topliss-reactive ketones (excluding diaryl/α,β-unsaturated/α-hetero) is 1. The van der Waals surface area contributed by atoms with Crippen LogP contribution in [0.15, 0.2) is 18.2 Å². The van der Waals surface area contributed by atoms with E-state index in [9.17, 15) is 14.0 Å². The van der Waals surface area contributed by atoms with E-state index in [4.69, 9.17) is 5.11 Å². The lowest BCUT2D eigenvalue weighted by atomic mass is 9.85. The lowest BCUT2D eigenvalue weighted by Crippen LogP contribution is -2.27. The van der Waals surface area contributed by atoms with Crippen LogP contribution in [0.25, 0.3) is 0 Å². The van der Waals surface area contributed by atoms with Crippen molar-refractivity contribution in [2.24, 2.45) is 5.41 Å². The van der Waals surface area contributed by atoms with Crippen LogP contribution < -0.4 is 0 Å². The Morgan fingerprint density at radius 2 is 1.94 bits per heavy atom. The number of hydrogen-bond donors (Lipinski definition) is 1. The monoisotopic (exact) mass is 238 g/mol. The molecule has 0 aliphatic heterocycles. The van der Waals surface area contributed by atoms with Crippen LogP contribution in [0.5, 0.6) is 0 Å². The topological polar surface area (TPSA) is 54.4 Å². The second-order valence-corrected chi connectivity index (χ2v) is 4.75. The molecule has 1 aromatic carbocycles. The zero-order valence-electron chi connectivity index (χ0n) is 10.1. The number of carbonyl (C=O) groups excluding carboxylic acids is 1. The smallest absolute Gasteiger partial charge is 0.309 e. The molecule has 0 atom stereocenters. The fourth-order valence-electron chi connectivity index (χ4n) is 1.47. The minimum absolute atomic E-state index is 0.146. The number of ketones is 1. The first-order valence-electron chi connectivity index (χ1n) is 5.27. The number of benzene rings is 1. The van der Waals surface area contributed by atoms with Crippen molar-refractivity contribution in [2.45, 2.75) is 27.2 Å². The van der Waals surface area contributed by atoms with Crippen LogP contribution in [0.2, 0.25) is 0 Å². The van der Waals surface area contributed by atoms with Crippen LogP contribution in [0.1, 0.15) is 36.2 Å². The van der Waals surface area contributed by atoms with E-state index in [1.807, 2.05) is 0 Å². The fourth-order valence-corrected chi connectivity index (χ4v) is 1.47. The number of carboxylic acid groups (broad SMARTS) is 1. The van der Waals surface area contributed by atoms with Gasteiger partial charge in [0.1, 0.15) is 5.82 Å². The summed E-state index contributed by atoms with van der Waals surface area (Å²) in [5.41, 5.74) is -0.243. The van der Waals surface area contributed by atoms with E-state index >= 15 is 0 Å². The second-order valence-electron chi connectivity index (χ2n) is 4.75. The van der Waals surface area contributed by atoms with Crippen molar-refractivity contribution in [1.29, 1.82) is 0 Å². The summed E-state index contributed by atoms with van der Waals surface area (Å²) in [4.78, 5) is 22.8. The molecule has 17 heavy (non-hydrogen) atoms. The summed E-state index contributed by atoms with van der Waals surface area (Å²) in [6.07, 6.45) is -0.146. The van der Waals surface area contributed by atoms with Gasteiger partial charge in [-0.25, -0.2) is 4.39 Å². The first-order chi connectivity index (χ1) is 7.74. The molecule has 0 amide bonds. The minimum atomic E-state index is -1.14. The molecule has 0 spiro atoms. The molecule has 0 unspecified atom stereocenters. The third-order valence-corrected chi connectivity index (χ3v) is 2.68. The van der Waals surface area contributed by atoms with Crippen LogP contribution in [0.3, 0.4) is 0 Å². The highest BCUT2D eigenvalue weighted by Gasteiger charge is 2.30. The zero-order valence-corrected chi connectivity index (χ0v) is 10.1. The Balaban J connectivity index is 2.98. The summed E-state index contributed by atoms with van der Waals surface area (Å²) >= 11 is 0. The first kappa shape index (κ1) is 13.4. The molecule has 92 valence electrons.